The number of benzene rings is 2. The van der Waals surface area contributed by atoms with Gasteiger partial charge >= 0.3 is 0 Å². The fraction of sp³-hybridized carbons (Fsp3) is 0.552. The number of aryl methyl sites for hydroxylation is 1. The number of carbonyl (C=O) groups is 1. The minimum absolute atomic E-state index is 0.133. The summed E-state index contributed by atoms with van der Waals surface area (Å²) in [6.45, 7) is 3.75. The molecule has 2 aromatic rings. The molecule has 0 aromatic heterocycles. The molecule has 0 unspecified atom stereocenters. The molecule has 2 aromatic carbocycles. The minimum atomic E-state index is -0.420. The molecule has 1 heterocycles. The van der Waals surface area contributed by atoms with Gasteiger partial charge in [-0.05, 0) is 62.9 Å². The predicted octanol–water partition coefficient (Wildman–Crippen LogP) is 4.59. The summed E-state index contributed by atoms with van der Waals surface area (Å²) >= 11 is 0. The molecule has 3 aliphatic rings. The molecule has 0 amide bonds. The molecule has 2 bridgehead atoms. The lowest BCUT2D eigenvalue weighted by atomic mass is 9.45. The quantitative estimate of drug-likeness (QED) is 0.562. The Bertz CT molecular complexity index is 1050. The van der Waals surface area contributed by atoms with Gasteiger partial charge in [-0.1, -0.05) is 43.3 Å². The highest BCUT2D eigenvalue weighted by atomic mass is 16.5. The van der Waals surface area contributed by atoms with Crippen molar-refractivity contribution in [2.24, 2.45) is 5.92 Å². The standard InChI is InChI=1S/C29H37NO4/c1-20-23(31)14-15-29(34-18-8-11-21-9-6-5-7-10-21)25-19-22-12-13-24(32-3)27(33-4)26(22)28(20,29)16-17-30(25)2/h5-7,9-10,12-13,20,25H,8,11,14-19H2,1-4H3/t20-,25-,28-,29-/m1/s1. The lowest BCUT2D eigenvalue weighted by molar-refractivity contribution is -0.209. The van der Waals surface area contributed by atoms with Gasteiger partial charge in [0, 0.05) is 36.0 Å². The first-order chi connectivity index (χ1) is 16.5. The van der Waals surface area contributed by atoms with Gasteiger partial charge in [-0.15, -0.1) is 0 Å². The molecule has 0 N–H and O–H groups in total. The Labute approximate surface area is 203 Å². The normalized spacial score (nSPS) is 30.4. The average Bonchev–Trinajstić information content (AvgIpc) is 2.86. The van der Waals surface area contributed by atoms with Crippen molar-refractivity contribution in [3.05, 3.63) is 59.2 Å². The zero-order chi connectivity index (χ0) is 23.9. The van der Waals surface area contributed by atoms with Gasteiger partial charge in [0.05, 0.1) is 19.8 Å². The number of Topliss-reactive ketones (excluding diaryl/α,β-unsaturated/α-hetero) is 1. The summed E-state index contributed by atoms with van der Waals surface area (Å²) in [6, 6.07) is 15.0. The topological polar surface area (TPSA) is 48.0 Å². The van der Waals surface area contributed by atoms with Gasteiger partial charge in [-0.3, -0.25) is 4.79 Å². The molecule has 0 spiro atoms. The van der Waals surface area contributed by atoms with Gasteiger partial charge in [0.15, 0.2) is 11.5 Å². The van der Waals surface area contributed by atoms with Crippen LogP contribution in [0.15, 0.2) is 42.5 Å². The number of likely N-dealkylation sites (tertiary alicyclic amines) is 1. The average molecular weight is 464 g/mol. The molecule has 2 aliphatic carbocycles. The zero-order valence-electron chi connectivity index (χ0n) is 20.9. The summed E-state index contributed by atoms with van der Waals surface area (Å²) in [4.78, 5) is 15.8. The van der Waals surface area contributed by atoms with Crippen LogP contribution in [0, 0.1) is 5.92 Å². The second-order valence-corrected chi connectivity index (χ2v) is 10.3. The molecule has 34 heavy (non-hydrogen) atoms. The van der Waals surface area contributed by atoms with Crippen LogP contribution in [0.5, 0.6) is 11.5 Å². The SMILES string of the molecule is COc1ccc2c(c1OC)[C@]13CCN(C)[C@H](C2)[C@]1(OCCCc1ccccc1)CCC(=O)[C@H]3C. The van der Waals surface area contributed by atoms with Crippen LogP contribution >= 0.6 is 0 Å². The van der Waals surface area contributed by atoms with E-state index < -0.39 is 11.0 Å². The van der Waals surface area contributed by atoms with E-state index in [1.54, 1.807) is 14.2 Å². The summed E-state index contributed by atoms with van der Waals surface area (Å²) in [7, 11) is 5.62. The number of carbonyl (C=O) groups excluding carboxylic acids is 1. The van der Waals surface area contributed by atoms with Gasteiger partial charge in [0.1, 0.15) is 5.78 Å². The maximum Gasteiger partial charge on any atom is 0.164 e. The molecule has 182 valence electrons. The summed E-state index contributed by atoms with van der Waals surface area (Å²) in [5.41, 5.74) is 2.92. The first kappa shape index (κ1) is 23.4. The third-order valence-corrected chi connectivity index (χ3v) is 8.95. The predicted molar refractivity (Wildman–Crippen MR) is 133 cm³/mol. The maximum absolute atomic E-state index is 13.3. The lowest BCUT2D eigenvalue weighted by Gasteiger charge is -2.66. The van der Waals surface area contributed by atoms with Gasteiger partial charge in [-0.25, -0.2) is 0 Å². The molecule has 1 saturated heterocycles. The van der Waals surface area contributed by atoms with E-state index in [2.05, 4.69) is 55.3 Å². The van der Waals surface area contributed by atoms with Crippen molar-refractivity contribution in [1.29, 1.82) is 0 Å². The van der Waals surface area contributed by atoms with E-state index in [1.807, 2.05) is 6.07 Å². The highest BCUT2D eigenvalue weighted by Gasteiger charge is 2.69. The second kappa shape index (κ2) is 9.01. The number of piperidine rings is 1. The van der Waals surface area contributed by atoms with Crippen molar-refractivity contribution in [3.8, 4) is 11.5 Å². The molecule has 5 heteroatoms. The minimum Gasteiger partial charge on any atom is -0.493 e. The number of hydrogen-bond donors (Lipinski definition) is 0. The third-order valence-electron chi connectivity index (χ3n) is 8.95. The van der Waals surface area contributed by atoms with Crippen molar-refractivity contribution in [2.75, 3.05) is 34.4 Å². The molecule has 2 fully saturated rings. The summed E-state index contributed by atoms with van der Waals surface area (Å²) in [5.74, 6) is 1.72. The highest BCUT2D eigenvalue weighted by molar-refractivity contribution is 5.85. The van der Waals surface area contributed by atoms with Gasteiger partial charge in [-0.2, -0.15) is 0 Å². The smallest absolute Gasteiger partial charge is 0.164 e. The first-order valence-corrected chi connectivity index (χ1v) is 12.6. The summed E-state index contributed by atoms with van der Waals surface area (Å²) < 4.78 is 18.8. The Hall–Kier alpha value is -2.37. The van der Waals surface area contributed by atoms with Crippen LogP contribution in [0.2, 0.25) is 0 Å². The Morgan fingerprint density at radius 1 is 1.06 bits per heavy atom. The van der Waals surface area contributed by atoms with E-state index in [0.717, 1.165) is 55.7 Å². The number of hydrogen-bond acceptors (Lipinski definition) is 5. The number of rotatable bonds is 7. The van der Waals surface area contributed by atoms with E-state index in [1.165, 1.54) is 11.1 Å². The molecule has 5 nitrogen and oxygen atoms in total. The van der Waals surface area contributed by atoms with Crippen molar-refractivity contribution in [3.63, 3.8) is 0 Å². The maximum atomic E-state index is 13.3. The number of fused-ring (bicyclic) bond motifs is 1. The van der Waals surface area contributed by atoms with E-state index in [9.17, 15) is 4.79 Å². The summed E-state index contributed by atoms with van der Waals surface area (Å²) in [6.07, 6.45) is 5.06. The fourth-order valence-electron chi connectivity index (χ4n) is 7.33. The molecule has 1 aliphatic heterocycles. The van der Waals surface area contributed by atoms with Crippen LogP contribution in [0.1, 0.15) is 49.3 Å². The Morgan fingerprint density at radius 2 is 1.85 bits per heavy atom. The molecule has 5 rings (SSSR count). The monoisotopic (exact) mass is 463 g/mol. The van der Waals surface area contributed by atoms with Crippen LogP contribution in [0.4, 0.5) is 0 Å². The molecular weight excluding hydrogens is 426 g/mol. The van der Waals surface area contributed by atoms with Crippen LogP contribution in [0.3, 0.4) is 0 Å². The van der Waals surface area contributed by atoms with Crippen LogP contribution in [0.25, 0.3) is 0 Å². The Kier molecular flexibility index (Phi) is 6.19. The lowest BCUT2D eigenvalue weighted by Crippen LogP contribution is -2.76. The number of ether oxygens (including phenoxy) is 3. The third kappa shape index (κ3) is 3.31. The zero-order valence-corrected chi connectivity index (χ0v) is 20.9. The van der Waals surface area contributed by atoms with Gasteiger partial charge in [0.25, 0.3) is 0 Å². The van der Waals surface area contributed by atoms with E-state index in [4.69, 9.17) is 14.2 Å². The molecule has 1 saturated carbocycles. The van der Waals surface area contributed by atoms with Gasteiger partial charge < -0.3 is 19.1 Å². The molecule has 4 atom stereocenters. The van der Waals surface area contributed by atoms with Crippen LogP contribution < -0.4 is 9.47 Å². The fourth-order valence-corrected chi connectivity index (χ4v) is 7.33. The number of nitrogens with zero attached hydrogens (tertiary/aromatic N) is 1. The summed E-state index contributed by atoms with van der Waals surface area (Å²) in [5, 5.41) is 0. The van der Waals surface area contributed by atoms with Crippen molar-refractivity contribution >= 4 is 5.78 Å². The van der Waals surface area contributed by atoms with Crippen molar-refractivity contribution in [2.45, 2.75) is 62.5 Å². The van der Waals surface area contributed by atoms with E-state index in [-0.39, 0.29) is 12.0 Å². The van der Waals surface area contributed by atoms with Crippen molar-refractivity contribution in [1.82, 2.24) is 4.90 Å². The van der Waals surface area contributed by atoms with Crippen LogP contribution in [-0.4, -0.2) is 56.7 Å². The van der Waals surface area contributed by atoms with Crippen LogP contribution in [-0.2, 0) is 27.8 Å². The van der Waals surface area contributed by atoms with Gasteiger partial charge in [0.2, 0.25) is 0 Å². The number of methoxy groups -OCH3 is 2. The number of ketones is 1. The molecular formula is C29H37NO4. The Morgan fingerprint density at radius 3 is 2.59 bits per heavy atom. The van der Waals surface area contributed by atoms with E-state index >= 15 is 0 Å². The largest absolute Gasteiger partial charge is 0.493 e. The highest BCUT2D eigenvalue weighted by Crippen LogP contribution is 2.63. The second-order valence-electron chi connectivity index (χ2n) is 10.3. The van der Waals surface area contributed by atoms with Crippen molar-refractivity contribution < 1.29 is 19.0 Å². The van der Waals surface area contributed by atoms with E-state index in [0.29, 0.717) is 18.8 Å². The molecule has 0 radical (unpaired) electrons. The number of likely N-dealkylation sites (N-methyl/N-ethyl adjacent to an activating group) is 1. The first-order valence-electron chi connectivity index (χ1n) is 12.6. The Balaban J connectivity index is 1.59.